The highest BCUT2D eigenvalue weighted by Crippen LogP contribution is 2.62. The minimum Gasteiger partial charge on any atom is -0.348 e. The Morgan fingerprint density at radius 2 is 2.00 bits per heavy atom. The first-order valence-electron chi connectivity index (χ1n) is 7.27. The van der Waals surface area contributed by atoms with Crippen molar-refractivity contribution >= 4 is 5.91 Å². The van der Waals surface area contributed by atoms with Crippen LogP contribution in [0.4, 0.5) is 0 Å². The Hall–Kier alpha value is -1.36. The number of amides is 1. The van der Waals surface area contributed by atoms with Gasteiger partial charge in [-0.05, 0) is 30.7 Å². The minimum absolute atomic E-state index is 0.0230. The number of nitrogens with one attached hydrogen (secondary N) is 1. The average Bonchev–Trinajstić information content (AvgIpc) is 2.65. The molecule has 0 spiro atoms. The van der Waals surface area contributed by atoms with Gasteiger partial charge in [0.15, 0.2) is 0 Å². The number of hydrogen-bond donors (Lipinski definition) is 2. The van der Waals surface area contributed by atoms with Crippen LogP contribution in [-0.4, -0.2) is 28.3 Å². The van der Waals surface area contributed by atoms with Crippen LogP contribution in [0.3, 0.4) is 0 Å². The molecule has 0 aliphatic heterocycles. The SMILES string of the molecule is Cc1c(C(=O)NC2C(C)(C)C2(C)C)cnn1CCCN. The molecule has 1 fully saturated rings. The summed E-state index contributed by atoms with van der Waals surface area (Å²) in [7, 11) is 0. The molecule has 1 amide bonds. The van der Waals surface area contributed by atoms with Crippen molar-refractivity contribution in [2.24, 2.45) is 16.6 Å². The Labute approximate surface area is 120 Å². The molecular formula is C15H26N4O. The maximum Gasteiger partial charge on any atom is 0.255 e. The molecule has 20 heavy (non-hydrogen) atoms. The molecule has 1 aliphatic carbocycles. The summed E-state index contributed by atoms with van der Waals surface area (Å²) in [4.78, 5) is 12.4. The second-order valence-corrected chi connectivity index (χ2v) is 6.86. The van der Waals surface area contributed by atoms with Gasteiger partial charge in [-0.2, -0.15) is 5.10 Å². The van der Waals surface area contributed by atoms with Gasteiger partial charge in [0.1, 0.15) is 0 Å². The number of nitrogens with zero attached hydrogens (tertiary/aromatic N) is 2. The monoisotopic (exact) mass is 278 g/mol. The largest absolute Gasteiger partial charge is 0.348 e. The highest BCUT2D eigenvalue weighted by Gasteiger charge is 2.65. The first-order chi connectivity index (χ1) is 9.23. The summed E-state index contributed by atoms with van der Waals surface area (Å²) in [5.74, 6) is -0.0230. The van der Waals surface area contributed by atoms with Crippen molar-refractivity contribution in [1.29, 1.82) is 0 Å². The fourth-order valence-corrected chi connectivity index (χ4v) is 2.90. The first kappa shape index (κ1) is 15.0. The molecule has 1 heterocycles. The zero-order valence-electron chi connectivity index (χ0n) is 13.2. The van der Waals surface area contributed by atoms with Gasteiger partial charge in [-0.15, -0.1) is 0 Å². The van der Waals surface area contributed by atoms with E-state index in [-0.39, 0.29) is 22.8 Å². The topological polar surface area (TPSA) is 72.9 Å². The summed E-state index contributed by atoms with van der Waals surface area (Å²) in [6.45, 7) is 12.1. The molecule has 3 N–H and O–H groups in total. The number of carbonyl (C=O) groups is 1. The second-order valence-electron chi connectivity index (χ2n) is 6.86. The summed E-state index contributed by atoms with van der Waals surface area (Å²) in [5, 5.41) is 7.42. The molecule has 0 aromatic carbocycles. The van der Waals surface area contributed by atoms with Crippen LogP contribution in [0.15, 0.2) is 6.20 Å². The van der Waals surface area contributed by atoms with Crippen molar-refractivity contribution in [2.45, 2.75) is 53.6 Å². The van der Waals surface area contributed by atoms with Crippen LogP contribution in [0, 0.1) is 17.8 Å². The average molecular weight is 278 g/mol. The quantitative estimate of drug-likeness (QED) is 0.861. The second kappa shape index (κ2) is 4.88. The fraction of sp³-hybridized carbons (Fsp3) is 0.733. The summed E-state index contributed by atoms with van der Waals surface area (Å²) < 4.78 is 1.85. The van der Waals surface area contributed by atoms with Crippen LogP contribution in [0.1, 0.15) is 50.2 Å². The van der Waals surface area contributed by atoms with Crippen molar-refractivity contribution in [1.82, 2.24) is 15.1 Å². The van der Waals surface area contributed by atoms with E-state index in [4.69, 9.17) is 5.73 Å². The molecule has 112 valence electrons. The predicted molar refractivity (Wildman–Crippen MR) is 79.5 cm³/mol. The molecule has 2 rings (SSSR count). The normalized spacial score (nSPS) is 19.9. The molecule has 0 unspecified atom stereocenters. The lowest BCUT2D eigenvalue weighted by atomic mass is 10.0. The van der Waals surface area contributed by atoms with E-state index in [1.807, 2.05) is 11.6 Å². The van der Waals surface area contributed by atoms with Crippen molar-refractivity contribution in [3.05, 3.63) is 17.5 Å². The minimum atomic E-state index is -0.0230. The standard InChI is InChI=1S/C15H26N4O/c1-10-11(9-17-19(10)8-6-7-16)12(20)18-13-14(2,3)15(13,4)5/h9,13H,6-8,16H2,1-5H3,(H,18,20). The van der Waals surface area contributed by atoms with E-state index in [0.29, 0.717) is 12.1 Å². The van der Waals surface area contributed by atoms with Crippen molar-refractivity contribution in [3.63, 3.8) is 0 Å². The Morgan fingerprint density at radius 1 is 1.40 bits per heavy atom. The van der Waals surface area contributed by atoms with Crippen LogP contribution in [0.25, 0.3) is 0 Å². The van der Waals surface area contributed by atoms with Gasteiger partial charge in [-0.25, -0.2) is 0 Å². The van der Waals surface area contributed by atoms with E-state index in [9.17, 15) is 4.79 Å². The number of rotatable bonds is 5. The van der Waals surface area contributed by atoms with E-state index in [0.717, 1.165) is 18.7 Å². The van der Waals surface area contributed by atoms with Gasteiger partial charge >= 0.3 is 0 Å². The van der Waals surface area contributed by atoms with Gasteiger partial charge in [-0.1, -0.05) is 27.7 Å². The number of carbonyl (C=O) groups excluding carboxylic acids is 1. The summed E-state index contributed by atoms with van der Waals surface area (Å²) in [5.41, 5.74) is 7.37. The number of nitrogens with two attached hydrogens (primary N) is 1. The van der Waals surface area contributed by atoms with Gasteiger partial charge in [0.05, 0.1) is 11.8 Å². The van der Waals surface area contributed by atoms with Crippen molar-refractivity contribution < 1.29 is 4.79 Å². The van der Waals surface area contributed by atoms with E-state index in [1.165, 1.54) is 0 Å². The van der Waals surface area contributed by atoms with E-state index < -0.39 is 0 Å². The first-order valence-corrected chi connectivity index (χ1v) is 7.27. The van der Waals surface area contributed by atoms with Crippen LogP contribution >= 0.6 is 0 Å². The molecule has 0 radical (unpaired) electrons. The zero-order chi connectivity index (χ0) is 15.1. The maximum absolute atomic E-state index is 12.4. The Balaban J connectivity index is 2.06. The Kier molecular flexibility index (Phi) is 3.67. The lowest BCUT2D eigenvalue weighted by Gasteiger charge is -2.07. The van der Waals surface area contributed by atoms with Crippen LogP contribution in [-0.2, 0) is 6.54 Å². The molecule has 5 heteroatoms. The third-order valence-electron chi connectivity index (χ3n) is 5.22. The number of hydrogen-bond acceptors (Lipinski definition) is 3. The van der Waals surface area contributed by atoms with Crippen LogP contribution < -0.4 is 11.1 Å². The summed E-state index contributed by atoms with van der Waals surface area (Å²) in [6, 6.07) is 0.217. The molecule has 0 bridgehead atoms. The smallest absolute Gasteiger partial charge is 0.255 e. The number of aromatic nitrogens is 2. The molecule has 0 atom stereocenters. The van der Waals surface area contributed by atoms with Crippen LogP contribution in [0.5, 0.6) is 0 Å². The lowest BCUT2D eigenvalue weighted by Crippen LogP contribution is -2.30. The van der Waals surface area contributed by atoms with Crippen LogP contribution in [0.2, 0.25) is 0 Å². The summed E-state index contributed by atoms with van der Waals surface area (Å²) >= 11 is 0. The van der Waals surface area contributed by atoms with Gasteiger partial charge in [0, 0.05) is 18.3 Å². The highest BCUT2D eigenvalue weighted by molar-refractivity contribution is 5.95. The zero-order valence-corrected chi connectivity index (χ0v) is 13.2. The van der Waals surface area contributed by atoms with Gasteiger partial charge < -0.3 is 11.1 Å². The van der Waals surface area contributed by atoms with Gasteiger partial charge in [0.2, 0.25) is 0 Å². The number of aryl methyl sites for hydroxylation is 1. The fourth-order valence-electron chi connectivity index (χ4n) is 2.90. The molecule has 1 aromatic heterocycles. The third kappa shape index (κ3) is 2.24. The predicted octanol–water partition coefficient (Wildman–Crippen LogP) is 1.70. The highest BCUT2D eigenvalue weighted by atomic mass is 16.1. The molecule has 1 aromatic rings. The van der Waals surface area contributed by atoms with E-state index in [1.54, 1.807) is 6.20 Å². The third-order valence-corrected chi connectivity index (χ3v) is 5.22. The van der Waals surface area contributed by atoms with Crippen molar-refractivity contribution in [3.8, 4) is 0 Å². The maximum atomic E-state index is 12.4. The summed E-state index contributed by atoms with van der Waals surface area (Å²) in [6.07, 6.45) is 2.52. The molecular weight excluding hydrogens is 252 g/mol. The molecule has 0 saturated heterocycles. The molecule has 5 nitrogen and oxygen atoms in total. The van der Waals surface area contributed by atoms with Crippen molar-refractivity contribution in [2.75, 3.05) is 6.54 Å². The lowest BCUT2D eigenvalue weighted by molar-refractivity contribution is 0.0943. The molecule has 1 aliphatic rings. The molecule has 1 saturated carbocycles. The van der Waals surface area contributed by atoms with Gasteiger partial charge in [-0.3, -0.25) is 9.48 Å². The Bertz CT molecular complexity index is 502. The van der Waals surface area contributed by atoms with E-state index in [2.05, 4.69) is 38.1 Å². The van der Waals surface area contributed by atoms with E-state index >= 15 is 0 Å². The Morgan fingerprint density at radius 3 is 2.50 bits per heavy atom. The van der Waals surface area contributed by atoms with Gasteiger partial charge in [0.25, 0.3) is 5.91 Å².